The van der Waals surface area contributed by atoms with E-state index in [1.165, 1.54) is 10.9 Å². The van der Waals surface area contributed by atoms with Crippen molar-refractivity contribution in [2.24, 2.45) is 5.41 Å². The van der Waals surface area contributed by atoms with Crippen LogP contribution >= 0.6 is 0 Å². The van der Waals surface area contributed by atoms with Gasteiger partial charge in [-0.05, 0) is 23.1 Å². The Balaban J connectivity index is 2.05. The molecule has 3 heteroatoms. The Morgan fingerprint density at radius 1 is 1.38 bits per heavy atom. The summed E-state index contributed by atoms with van der Waals surface area (Å²) in [6, 6.07) is 4.08. The summed E-state index contributed by atoms with van der Waals surface area (Å²) < 4.78 is 0. The lowest BCUT2D eigenvalue weighted by Crippen LogP contribution is -2.26. The largest absolute Gasteiger partial charge is 0.346 e. The molecule has 0 amide bonds. The molecule has 0 bridgehead atoms. The van der Waals surface area contributed by atoms with Crippen LogP contribution in [0.1, 0.15) is 26.3 Å². The Kier molecular flexibility index (Phi) is 2.97. The van der Waals surface area contributed by atoms with Gasteiger partial charge in [-0.25, -0.2) is 4.98 Å². The van der Waals surface area contributed by atoms with Crippen molar-refractivity contribution in [1.29, 1.82) is 0 Å². The highest BCUT2D eigenvalue weighted by molar-refractivity contribution is 5.79. The third-order valence-electron chi connectivity index (χ3n) is 2.51. The molecule has 2 aromatic heterocycles. The summed E-state index contributed by atoms with van der Waals surface area (Å²) in [5.74, 6) is 0. The molecule has 2 aromatic rings. The van der Waals surface area contributed by atoms with Crippen molar-refractivity contribution in [2.75, 3.05) is 6.54 Å². The van der Waals surface area contributed by atoms with Gasteiger partial charge >= 0.3 is 0 Å². The zero-order valence-electron chi connectivity index (χ0n) is 10.2. The lowest BCUT2D eigenvalue weighted by Gasteiger charge is -2.18. The first kappa shape index (κ1) is 11.1. The number of aromatic amines is 1. The summed E-state index contributed by atoms with van der Waals surface area (Å²) in [4.78, 5) is 7.46. The fourth-order valence-electron chi connectivity index (χ4n) is 1.73. The predicted octanol–water partition coefficient (Wildman–Crippen LogP) is 2.70. The van der Waals surface area contributed by atoms with E-state index in [-0.39, 0.29) is 0 Å². The van der Waals surface area contributed by atoms with Crippen LogP contribution in [0.5, 0.6) is 0 Å². The van der Waals surface area contributed by atoms with Gasteiger partial charge in [0, 0.05) is 30.9 Å². The molecular formula is C13H19N3. The second-order valence-electron chi connectivity index (χ2n) is 5.38. The van der Waals surface area contributed by atoms with Crippen molar-refractivity contribution in [1.82, 2.24) is 15.3 Å². The van der Waals surface area contributed by atoms with E-state index in [0.717, 1.165) is 18.7 Å². The van der Waals surface area contributed by atoms with Crippen molar-refractivity contribution < 1.29 is 0 Å². The van der Waals surface area contributed by atoms with Gasteiger partial charge in [-0.15, -0.1) is 0 Å². The highest BCUT2D eigenvalue weighted by Crippen LogP contribution is 2.16. The van der Waals surface area contributed by atoms with Crippen LogP contribution in [0.25, 0.3) is 11.0 Å². The van der Waals surface area contributed by atoms with Crippen LogP contribution in [0.4, 0.5) is 0 Å². The average Bonchev–Trinajstić information content (AvgIpc) is 2.60. The van der Waals surface area contributed by atoms with Gasteiger partial charge in [0.1, 0.15) is 5.65 Å². The lowest BCUT2D eigenvalue weighted by atomic mass is 9.97. The SMILES string of the molecule is CC(C)(C)CNCc1c[nH]c2ncccc12. The van der Waals surface area contributed by atoms with E-state index < -0.39 is 0 Å². The first-order chi connectivity index (χ1) is 7.56. The molecule has 0 saturated carbocycles. The fraction of sp³-hybridized carbons (Fsp3) is 0.462. The monoisotopic (exact) mass is 217 g/mol. The summed E-state index contributed by atoms with van der Waals surface area (Å²) in [7, 11) is 0. The molecule has 3 nitrogen and oxygen atoms in total. The second-order valence-corrected chi connectivity index (χ2v) is 5.38. The van der Waals surface area contributed by atoms with E-state index in [0.29, 0.717) is 5.41 Å². The Bertz CT molecular complexity index is 465. The molecule has 2 rings (SSSR count). The molecule has 0 saturated heterocycles. The fourth-order valence-corrected chi connectivity index (χ4v) is 1.73. The quantitative estimate of drug-likeness (QED) is 0.830. The summed E-state index contributed by atoms with van der Waals surface area (Å²) in [6.07, 6.45) is 3.85. The van der Waals surface area contributed by atoms with Crippen molar-refractivity contribution in [3.8, 4) is 0 Å². The number of fused-ring (bicyclic) bond motifs is 1. The molecule has 86 valence electrons. The van der Waals surface area contributed by atoms with E-state index in [1.54, 1.807) is 0 Å². The summed E-state index contributed by atoms with van der Waals surface area (Å²) in [6.45, 7) is 8.60. The molecule has 16 heavy (non-hydrogen) atoms. The molecule has 0 atom stereocenters. The average molecular weight is 217 g/mol. The highest BCUT2D eigenvalue weighted by Gasteiger charge is 2.10. The number of nitrogens with zero attached hydrogens (tertiary/aromatic N) is 1. The lowest BCUT2D eigenvalue weighted by molar-refractivity contribution is 0.379. The van der Waals surface area contributed by atoms with Gasteiger partial charge in [0.05, 0.1) is 0 Å². The zero-order valence-corrected chi connectivity index (χ0v) is 10.2. The van der Waals surface area contributed by atoms with Crippen LogP contribution in [0, 0.1) is 5.41 Å². The number of H-pyrrole nitrogens is 1. The standard InChI is InChI=1S/C13H19N3/c1-13(2,3)9-14-7-10-8-16-12-11(10)5-4-6-15-12/h4-6,8,14H,7,9H2,1-3H3,(H,15,16). The van der Waals surface area contributed by atoms with E-state index in [4.69, 9.17) is 0 Å². The van der Waals surface area contributed by atoms with Crippen LogP contribution in [-0.2, 0) is 6.54 Å². The Morgan fingerprint density at radius 2 is 2.19 bits per heavy atom. The first-order valence-corrected chi connectivity index (χ1v) is 5.68. The summed E-state index contributed by atoms with van der Waals surface area (Å²) >= 11 is 0. The molecule has 2 N–H and O–H groups in total. The van der Waals surface area contributed by atoms with Crippen molar-refractivity contribution in [3.05, 3.63) is 30.1 Å². The molecule has 0 aliphatic rings. The van der Waals surface area contributed by atoms with E-state index in [2.05, 4.69) is 42.1 Å². The van der Waals surface area contributed by atoms with Crippen LogP contribution in [0.15, 0.2) is 24.5 Å². The number of hydrogen-bond donors (Lipinski definition) is 2. The van der Waals surface area contributed by atoms with Crippen LogP contribution in [-0.4, -0.2) is 16.5 Å². The number of nitrogens with one attached hydrogen (secondary N) is 2. The number of hydrogen-bond acceptors (Lipinski definition) is 2. The molecule has 0 aromatic carbocycles. The number of rotatable bonds is 3. The molecule has 0 aliphatic carbocycles. The first-order valence-electron chi connectivity index (χ1n) is 5.68. The van der Waals surface area contributed by atoms with Gasteiger partial charge in [-0.3, -0.25) is 0 Å². The highest BCUT2D eigenvalue weighted by atomic mass is 14.9. The Hall–Kier alpha value is -1.35. The Morgan fingerprint density at radius 3 is 2.94 bits per heavy atom. The molecule has 0 aliphatic heterocycles. The number of aromatic nitrogens is 2. The van der Waals surface area contributed by atoms with E-state index >= 15 is 0 Å². The van der Waals surface area contributed by atoms with Gasteiger partial charge in [-0.1, -0.05) is 20.8 Å². The maximum atomic E-state index is 4.28. The molecular weight excluding hydrogens is 198 g/mol. The molecule has 0 fully saturated rings. The van der Waals surface area contributed by atoms with Crippen LogP contribution in [0.2, 0.25) is 0 Å². The minimum atomic E-state index is 0.324. The topological polar surface area (TPSA) is 40.7 Å². The Labute approximate surface area is 96.3 Å². The van der Waals surface area contributed by atoms with Crippen molar-refractivity contribution in [3.63, 3.8) is 0 Å². The minimum absolute atomic E-state index is 0.324. The van der Waals surface area contributed by atoms with Gasteiger partial charge < -0.3 is 10.3 Å². The van der Waals surface area contributed by atoms with Gasteiger partial charge in [-0.2, -0.15) is 0 Å². The van der Waals surface area contributed by atoms with Crippen LogP contribution < -0.4 is 5.32 Å². The molecule has 0 unspecified atom stereocenters. The van der Waals surface area contributed by atoms with Gasteiger partial charge in [0.25, 0.3) is 0 Å². The van der Waals surface area contributed by atoms with Crippen molar-refractivity contribution >= 4 is 11.0 Å². The van der Waals surface area contributed by atoms with E-state index in [1.807, 2.05) is 18.5 Å². The third kappa shape index (κ3) is 2.61. The predicted molar refractivity (Wildman–Crippen MR) is 67.3 cm³/mol. The number of pyridine rings is 1. The van der Waals surface area contributed by atoms with Gasteiger partial charge in [0.2, 0.25) is 0 Å². The molecule has 0 radical (unpaired) electrons. The minimum Gasteiger partial charge on any atom is -0.346 e. The smallest absolute Gasteiger partial charge is 0.137 e. The van der Waals surface area contributed by atoms with Gasteiger partial charge in [0.15, 0.2) is 0 Å². The summed E-state index contributed by atoms with van der Waals surface area (Å²) in [5.41, 5.74) is 2.58. The molecule has 0 spiro atoms. The maximum absolute atomic E-state index is 4.28. The van der Waals surface area contributed by atoms with Crippen molar-refractivity contribution in [2.45, 2.75) is 27.3 Å². The normalized spacial score (nSPS) is 12.2. The molecule has 2 heterocycles. The third-order valence-corrected chi connectivity index (χ3v) is 2.51. The zero-order chi connectivity index (χ0) is 11.6. The summed E-state index contributed by atoms with van der Waals surface area (Å²) in [5, 5.41) is 4.68. The maximum Gasteiger partial charge on any atom is 0.137 e. The van der Waals surface area contributed by atoms with Crippen LogP contribution in [0.3, 0.4) is 0 Å². The second kappa shape index (κ2) is 4.26. The van der Waals surface area contributed by atoms with E-state index in [9.17, 15) is 0 Å².